The van der Waals surface area contributed by atoms with Gasteiger partial charge in [-0.15, -0.1) is 0 Å². The third kappa shape index (κ3) is 3.97. The minimum absolute atomic E-state index is 0.0133. The quantitative estimate of drug-likeness (QED) is 0.838. The van der Waals surface area contributed by atoms with E-state index in [0.717, 1.165) is 17.9 Å². The van der Waals surface area contributed by atoms with Gasteiger partial charge in [0, 0.05) is 24.2 Å². The highest BCUT2D eigenvalue weighted by Crippen LogP contribution is 2.26. The zero-order valence-electron chi connectivity index (χ0n) is 12.8. The predicted molar refractivity (Wildman–Crippen MR) is 84.0 cm³/mol. The van der Waals surface area contributed by atoms with Gasteiger partial charge in [0.05, 0.1) is 7.11 Å². The number of para-hydroxylation sites is 1. The van der Waals surface area contributed by atoms with Crippen LogP contribution < -0.4 is 10.5 Å². The third-order valence-corrected chi connectivity index (χ3v) is 4.47. The van der Waals surface area contributed by atoms with Crippen LogP contribution in [-0.2, 0) is 0 Å². The lowest BCUT2D eigenvalue weighted by molar-refractivity contribution is 0.208. The first-order chi connectivity index (χ1) is 9.72. The van der Waals surface area contributed by atoms with E-state index in [0.29, 0.717) is 6.04 Å². The fraction of sp³-hybridized carbons (Fsp3) is 0.647. The second-order valence-corrected chi connectivity index (χ2v) is 5.93. The number of rotatable bonds is 5. The largest absolute Gasteiger partial charge is 0.496 e. The normalized spacial score (nSPS) is 18.8. The highest BCUT2D eigenvalue weighted by Gasteiger charge is 2.20. The number of methoxy groups -OCH3 is 1. The van der Waals surface area contributed by atoms with Gasteiger partial charge in [0.25, 0.3) is 0 Å². The van der Waals surface area contributed by atoms with Gasteiger partial charge in [-0.05, 0) is 26.0 Å². The molecular formula is C17H28N2O. The van der Waals surface area contributed by atoms with Crippen molar-refractivity contribution in [1.29, 1.82) is 0 Å². The van der Waals surface area contributed by atoms with Crippen molar-refractivity contribution in [2.75, 3.05) is 20.7 Å². The molecule has 0 radical (unpaired) electrons. The van der Waals surface area contributed by atoms with Crippen LogP contribution in [-0.4, -0.2) is 31.6 Å². The Morgan fingerprint density at radius 1 is 1.20 bits per heavy atom. The highest BCUT2D eigenvalue weighted by atomic mass is 16.5. The minimum atomic E-state index is 0.0133. The van der Waals surface area contributed by atoms with Gasteiger partial charge >= 0.3 is 0 Å². The molecule has 3 heteroatoms. The summed E-state index contributed by atoms with van der Waals surface area (Å²) in [5.74, 6) is 0.897. The Kier molecular flexibility index (Phi) is 5.86. The first kappa shape index (κ1) is 15.3. The maximum atomic E-state index is 6.40. The first-order valence-electron chi connectivity index (χ1n) is 7.81. The average molecular weight is 276 g/mol. The molecule has 0 saturated heterocycles. The van der Waals surface area contributed by atoms with E-state index >= 15 is 0 Å². The molecular weight excluding hydrogens is 248 g/mol. The van der Waals surface area contributed by atoms with Crippen LogP contribution in [0.4, 0.5) is 0 Å². The molecule has 112 valence electrons. The molecule has 0 bridgehead atoms. The second kappa shape index (κ2) is 7.65. The Morgan fingerprint density at radius 2 is 1.85 bits per heavy atom. The zero-order valence-corrected chi connectivity index (χ0v) is 12.8. The number of nitrogens with zero attached hydrogens (tertiary/aromatic N) is 1. The van der Waals surface area contributed by atoms with Crippen molar-refractivity contribution in [2.24, 2.45) is 5.73 Å². The van der Waals surface area contributed by atoms with E-state index in [1.54, 1.807) is 7.11 Å². The number of nitrogens with two attached hydrogens (primary N) is 1. The van der Waals surface area contributed by atoms with Crippen molar-refractivity contribution in [3.63, 3.8) is 0 Å². The molecule has 1 aromatic rings. The van der Waals surface area contributed by atoms with E-state index in [4.69, 9.17) is 10.5 Å². The van der Waals surface area contributed by atoms with Gasteiger partial charge in [-0.25, -0.2) is 0 Å². The Bertz CT molecular complexity index is 400. The minimum Gasteiger partial charge on any atom is -0.496 e. The van der Waals surface area contributed by atoms with Gasteiger partial charge in [-0.3, -0.25) is 0 Å². The lowest BCUT2D eigenvalue weighted by Crippen LogP contribution is -2.37. The molecule has 2 rings (SSSR count). The first-order valence-corrected chi connectivity index (χ1v) is 7.81. The Labute approximate surface area is 123 Å². The number of ether oxygens (including phenoxy) is 1. The SMILES string of the molecule is COc1ccccc1C(N)CN(C)C1CCCCCC1. The number of hydrogen-bond donors (Lipinski definition) is 1. The molecule has 1 atom stereocenters. The molecule has 1 aromatic carbocycles. The smallest absolute Gasteiger partial charge is 0.123 e. The molecule has 2 N–H and O–H groups in total. The van der Waals surface area contributed by atoms with Crippen LogP contribution in [0.5, 0.6) is 5.75 Å². The average Bonchev–Trinajstić information content (AvgIpc) is 2.76. The van der Waals surface area contributed by atoms with E-state index in [-0.39, 0.29) is 6.04 Å². The van der Waals surface area contributed by atoms with Gasteiger partial charge in [-0.1, -0.05) is 43.9 Å². The Morgan fingerprint density at radius 3 is 2.50 bits per heavy atom. The standard InChI is InChI=1S/C17H28N2O/c1-19(14-9-5-3-4-6-10-14)13-16(18)15-11-7-8-12-17(15)20-2/h7-8,11-12,14,16H,3-6,9-10,13,18H2,1-2H3. The van der Waals surface area contributed by atoms with Gasteiger partial charge in [-0.2, -0.15) is 0 Å². The maximum Gasteiger partial charge on any atom is 0.123 e. The van der Waals surface area contributed by atoms with Crippen LogP contribution in [0.3, 0.4) is 0 Å². The van der Waals surface area contributed by atoms with Gasteiger partial charge in [0.2, 0.25) is 0 Å². The summed E-state index contributed by atoms with van der Waals surface area (Å²) in [6.07, 6.45) is 8.13. The van der Waals surface area contributed by atoms with Crippen LogP contribution in [0, 0.1) is 0 Å². The van der Waals surface area contributed by atoms with E-state index in [1.807, 2.05) is 18.2 Å². The zero-order chi connectivity index (χ0) is 14.4. The fourth-order valence-corrected chi connectivity index (χ4v) is 3.23. The topological polar surface area (TPSA) is 38.5 Å². The highest BCUT2D eigenvalue weighted by molar-refractivity contribution is 5.35. The summed E-state index contributed by atoms with van der Waals surface area (Å²) in [5.41, 5.74) is 7.50. The molecule has 1 saturated carbocycles. The van der Waals surface area contributed by atoms with E-state index in [9.17, 15) is 0 Å². The van der Waals surface area contributed by atoms with Crippen LogP contribution in [0.2, 0.25) is 0 Å². The van der Waals surface area contributed by atoms with Crippen molar-refractivity contribution in [2.45, 2.75) is 50.6 Å². The summed E-state index contributed by atoms with van der Waals surface area (Å²) in [6.45, 7) is 0.894. The molecule has 1 fully saturated rings. The van der Waals surface area contributed by atoms with Crippen LogP contribution in [0.25, 0.3) is 0 Å². The van der Waals surface area contributed by atoms with Crippen molar-refractivity contribution in [3.8, 4) is 5.75 Å². The lowest BCUT2D eigenvalue weighted by Gasteiger charge is -2.30. The van der Waals surface area contributed by atoms with Gasteiger partial charge in [0.1, 0.15) is 5.75 Å². The summed E-state index contributed by atoms with van der Waals surface area (Å²) in [7, 11) is 3.92. The molecule has 0 aromatic heterocycles. The van der Waals surface area contributed by atoms with E-state index < -0.39 is 0 Å². The second-order valence-electron chi connectivity index (χ2n) is 5.93. The lowest BCUT2D eigenvalue weighted by atomic mass is 10.0. The fourth-order valence-electron chi connectivity index (χ4n) is 3.23. The molecule has 0 spiro atoms. The van der Waals surface area contributed by atoms with Crippen molar-refractivity contribution < 1.29 is 4.74 Å². The summed E-state index contributed by atoms with van der Waals surface area (Å²) in [4.78, 5) is 2.45. The Balaban J connectivity index is 1.97. The van der Waals surface area contributed by atoms with Gasteiger partial charge in [0.15, 0.2) is 0 Å². The van der Waals surface area contributed by atoms with Crippen LogP contribution in [0.1, 0.15) is 50.1 Å². The van der Waals surface area contributed by atoms with Crippen LogP contribution >= 0.6 is 0 Å². The molecule has 0 amide bonds. The summed E-state index contributed by atoms with van der Waals surface area (Å²) < 4.78 is 5.41. The predicted octanol–water partition coefficient (Wildman–Crippen LogP) is 3.35. The summed E-state index contributed by atoms with van der Waals surface area (Å²) in [6, 6.07) is 8.79. The summed E-state index contributed by atoms with van der Waals surface area (Å²) >= 11 is 0. The molecule has 3 nitrogen and oxygen atoms in total. The van der Waals surface area contributed by atoms with Crippen LogP contribution in [0.15, 0.2) is 24.3 Å². The Hall–Kier alpha value is -1.06. The number of benzene rings is 1. The number of hydrogen-bond acceptors (Lipinski definition) is 3. The molecule has 0 aliphatic heterocycles. The van der Waals surface area contributed by atoms with Gasteiger partial charge < -0.3 is 15.4 Å². The van der Waals surface area contributed by atoms with Crippen molar-refractivity contribution in [1.82, 2.24) is 4.90 Å². The summed E-state index contributed by atoms with van der Waals surface area (Å²) in [5, 5.41) is 0. The third-order valence-electron chi connectivity index (χ3n) is 4.47. The molecule has 1 aliphatic rings. The number of likely N-dealkylation sites (N-methyl/N-ethyl adjacent to an activating group) is 1. The molecule has 0 heterocycles. The monoisotopic (exact) mass is 276 g/mol. The van der Waals surface area contributed by atoms with E-state index in [1.165, 1.54) is 38.5 Å². The van der Waals surface area contributed by atoms with Crippen molar-refractivity contribution in [3.05, 3.63) is 29.8 Å². The van der Waals surface area contributed by atoms with Crippen molar-refractivity contribution >= 4 is 0 Å². The molecule has 1 unspecified atom stereocenters. The molecule has 20 heavy (non-hydrogen) atoms. The maximum absolute atomic E-state index is 6.40. The molecule has 1 aliphatic carbocycles. The van der Waals surface area contributed by atoms with E-state index in [2.05, 4.69) is 18.0 Å².